The lowest BCUT2D eigenvalue weighted by molar-refractivity contribution is 0.0997. The number of furan rings is 1. The summed E-state index contributed by atoms with van der Waals surface area (Å²) in [5.41, 5.74) is 5.32. The molecule has 6 heteroatoms. The molecule has 0 aliphatic carbocycles. The number of nitrogens with two attached hydrogens (primary N) is 1. The molecular weight excluding hydrogens is 184 g/mol. The Hall–Kier alpha value is -2.24. The number of hydrogen-bond acceptors (Lipinski definition) is 4. The molecule has 6 nitrogen and oxygen atoms in total. The van der Waals surface area contributed by atoms with E-state index in [1.165, 1.54) is 18.3 Å². The van der Waals surface area contributed by atoms with Crippen molar-refractivity contribution in [2.75, 3.05) is 11.1 Å². The molecule has 0 unspecified atom stereocenters. The van der Waals surface area contributed by atoms with Crippen LogP contribution in [0.15, 0.2) is 28.8 Å². The van der Waals surface area contributed by atoms with Gasteiger partial charge in [-0.25, -0.2) is 0 Å². The highest BCUT2D eigenvalue weighted by Gasteiger charge is 2.10. The van der Waals surface area contributed by atoms with Gasteiger partial charge < -0.3 is 15.5 Å². The van der Waals surface area contributed by atoms with E-state index in [1.54, 1.807) is 6.07 Å². The summed E-state index contributed by atoms with van der Waals surface area (Å²) >= 11 is 0. The SMILES string of the molecule is Nc1ccc(C(=O)Nc2ccn[nH]2)o1. The van der Waals surface area contributed by atoms with Crippen molar-refractivity contribution in [2.45, 2.75) is 0 Å². The molecule has 0 aromatic carbocycles. The largest absolute Gasteiger partial charge is 0.436 e. The summed E-state index contributed by atoms with van der Waals surface area (Å²) < 4.78 is 4.93. The Morgan fingerprint density at radius 3 is 2.93 bits per heavy atom. The molecule has 0 fully saturated rings. The van der Waals surface area contributed by atoms with Gasteiger partial charge in [0, 0.05) is 12.1 Å². The first-order valence-corrected chi connectivity index (χ1v) is 3.92. The normalized spacial score (nSPS) is 10.0. The monoisotopic (exact) mass is 192 g/mol. The molecule has 2 heterocycles. The first kappa shape index (κ1) is 8.36. The summed E-state index contributed by atoms with van der Waals surface area (Å²) in [6, 6.07) is 4.65. The van der Waals surface area contributed by atoms with Crippen LogP contribution in [0, 0.1) is 0 Å². The third-order valence-electron chi connectivity index (χ3n) is 1.60. The summed E-state index contributed by atoms with van der Waals surface area (Å²) in [5, 5.41) is 8.81. The van der Waals surface area contributed by atoms with Gasteiger partial charge in [0.1, 0.15) is 5.82 Å². The van der Waals surface area contributed by atoms with Gasteiger partial charge in [0.15, 0.2) is 11.6 Å². The number of H-pyrrole nitrogens is 1. The molecule has 2 rings (SSSR count). The van der Waals surface area contributed by atoms with Crippen LogP contribution in [0.2, 0.25) is 0 Å². The van der Waals surface area contributed by atoms with Crippen molar-refractivity contribution >= 4 is 17.6 Å². The van der Waals surface area contributed by atoms with Crippen LogP contribution in [0.4, 0.5) is 11.7 Å². The van der Waals surface area contributed by atoms with Crippen LogP contribution in [-0.2, 0) is 0 Å². The quantitative estimate of drug-likeness (QED) is 0.656. The minimum absolute atomic E-state index is 0.164. The van der Waals surface area contributed by atoms with E-state index < -0.39 is 0 Å². The van der Waals surface area contributed by atoms with Crippen LogP contribution >= 0.6 is 0 Å². The average molecular weight is 192 g/mol. The standard InChI is InChI=1S/C8H8N4O2/c9-6-2-1-5(14-6)8(13)11-7-3-4-10-12-7/h1-4H,9H2,(H2,10,11,12,13). The van der Waals surface area contributed by atoms with Crippen LogP contribution < -0.4 is 11.1 Å². The van der Waals surface area contributed by atoms with Gasteiger partial charge in [-0.05, 0) is 6.07 Å². The smallest absolute Gasteiger partial charge is 0.292 e. The molecule has 0 saturated carbocycles. The maximum Gasteiger partial charge on any atom is 0.292 e. The van der Waals surface area contributed by atoms with Crippen molar-refractivity contribution in [3.63, 3.8) is 0 Å². The van der Waals surface area contributed by atoms with E-state index in [0.717, 1.165) is 0 Å². The molecule has 1 amide bonds. The van der Waals surface area contributed by atoms with Crippen molar-refractivity contribution in [3.05, 3.63) is 30.2 Å². The van der Waals surface area contributed by atoms with Crippen molar-refractivity contribution in [1.82, 2.24) is 10.2 Å². The third kappa shape index (κ3) is 1.58. The van der Waals surface area contributed by atoms with Crippen molar-refractivity contribution in [2.24, 2.45) is 0 Å². The molecule has 14 heavy (non-hydrogen) atoms. The van der Waals surface area contributed by atoms with Gasteiger partial charge in [0.25, 0.3) is 5.91 Å². The Morgan fingerprint density at radius 2 is 2.36 bits per heavy atom. The van der Waals surface area contributed by atoms with Crippen molar-refractivity contribution in [3.8, 4) is 0 Å². The van der Waals surface area contributed by atoms with E-state index in [1.807, 2.05) is 0 Å². The van der Waals surface area contributed by atoms with E-state index in [4.69, 9.17) is 10.2 Å². The number of carbonyl (C=O) groups excluding carboxylic acids is 1. The molecule has 0 aliphatic heterocycles. The Bertz CT molecular complexity index is 432. The summed E-state index contributed by atoms with van der Waals surface area (Å²) in [6.07, 6.45) is 1.53. The summed E-state index contributed by atoms with van der Waals surface area (Å²) in [6.45, 7) is 0. The number of aromatic amines is 1. The lowest BCUT2D eigenvalue weighted by Gasteiger charge is -1.97. The van der Waals surface area contributed by atoms with Gasteiger partial charge in [0.2, 0.25) is 0 Å². The molecule has 2 aromatic heterocycles. The first-order valence-electron chi connectivity index (χ1n) is 3.92. The van der Waals surface area contributed by atoms with E-state index in [-0.39, 0.29) is 17.6 Å². The fourth-order valence-corrected chi connectivity index (χ4v) is 0.984. The highest BCUT2D eigenvalue weighted by Crippen LogP contribution is 2.10. The lowest BCUT2D eigenvalue weighted by Crippen LogP contribution is -2.11. The highest BCUT2D eigenvalue weighted by molar-refractivity contribution is 6.01. The zero-order valence-electron chi connectivity index (χ0n) is 7.15. The zero-order chi connectivity index (χ0) is 9.97. The minimum atomic E-state index is -0.369. The van der Waals surface area contributed by atoms with Gasteiger partial charge >= 0.3 is 0 Å². The Kier molecular flexibility index (Phi) is 1.94. The maximum atomic E-state index is 11.4. The third-order valence-corrected chi connectivity index (χ3v) is 1.60. The highest BCUT2D eigenvalue weighted by atomic mass is 16.4. The number of amides is 1. The van der Waals surface area contributed by atoms with Gasteiger partial charge in [-0.1, -0.05) is 0 Å². The molecule has 72 valence electrons. The fraction of sp³-hybridized carbons (Fsp3) is 0. The summed E-state index contributed by atoms with van der Waals surface area (Å²) in [5.74, 6) is 0.507. The second-order valence-corrected chi connectivity index (χ2v) is 2.63. The molecule has 0 saturated heterocycles. The van der Waals surface area contributed by atoms with Crippen LogP contribution in [0.1, 0.15) is 10.6 Å². The molecule has 0 atom stereocenters. The van der Waals surface area contributed by atoms with E-state index >= 15 is 0 Å². The predicted molar refractivity (Wildman–Crippen MR) is 49.7 cm³/mol. The number of nitrogen functional groups attached to an aromatic ring is 1. The molecule has 0 aliphatic rings. The minimum Gasteiger partial charge on any atom is -0.436 e. The predicted octanol–water partition coefficient (Wildman–Crippen LogP) is 0.837. The van der Waals surface area contributed by atoms with E-state index in [9.17, 15) is 4.79 Å². The number of nitrogens with zero attached hydrogens (tertiary/aromatic N) is 1. The number of anilines is 2. The van der Waals surface area contributed by atoms with Gasteiger partial charge in [-0.3, -0.25) is 9.89 Å². The topological polar surface area (TPSA) is 96.9 Å². The van der Waals surface area contributed by atoms with Gasteiger partial charge in [-0.15, -0.1) is 0 Å². The number of nitrogens with one attached hydrogen (secondary N) is 2. The maximum absolute atomic E-state index is 11.4. The van der Waals surface area contributed by atoms with Crippen LogP contribution in [0.25, 0.3) is 0 Å². The Morgan fingerprint density at radius 1 is 1.50 bits per heavy atom. The van der Waals surface area contributed by atoms with Crippen molar-refractivity contribution < 1.29 is 9.21 Å². The van der Waals surface area contributed by atoms with Crippen LogP contribution in [0.3, 0.4) is 0 Å². The summed E-state index contributed by atoms with van der Waals surface area (Å²) in [7, 11) is 0. The molecule has 4 N–H and O–H groups in total. The Labute approximate surface area is 79.1 Å². The zero-order valence-corrected chi connectivity index (χ0v) is 7.15. The van der Waals surface area contributed by atoms with Gasteiger partial charge in [0.05, 0.1) is 6.20 Å². The number of hydrogen-bond donors (Lipinski definition) is 3. The second kappa shape index (κ2) is 3.25. The van der Waals surface area contributed by atoms with E-state index in [2.05, 4.69) is 15.5 Å². The Balaban J connectivity index is 2.10. The van der Waals surface area contributed by atoms with Crippen molar-refractivity contribution in [1.29, 1.82) is 0 Å². The van der Waals surface area contributed by atoms with E-state index in [0.29, 0.717) is 5.82 Å². The molecule has 0 radical (unpaired) electrons. The lowest BCUT2D eigenvalue weighted by atomic mass is 10.4. The summed E-state index contributed by atoms with van der Waals surface area (Å²) in [4.78, 5) is 11.4. The fourth-order valence-electron chi connectivity index (χ4n) is 0.984. The average Bonchev–Trinajstić information content (AvgIpc) is 2.75. The molecule has 0 bridgehead atoms. The molecule has 0 spiro atoms. The first-order chi connectivity index (χ1) is 6.75. The van der Waals surface area contributed by atoms with Crippen LogP contribution in [-0.4, -0.2) is 16.1 Å². The molecular formula is C8H8N4O2. The second-order valence-electron chi connectivity index (χ2n) is 2.63. The molecule has 2 aromatic rings. The number of aromatic nitrogens is 2. The number of carbonyl (C=O) groups is 1. The van der Waals surface area contributed by atoms with Crippen LogP contribution in [0.5, 0.6) is 0 Å². The van der Waals surface area contributed by atoms with Gasteiger partial charge in [-0.2, -0.15) is 5.10 Å². The number of rotatable bonds is 2.